The molecule has 2 fully saturated rings. The van der Waals surface area contributed by atoms with Crippen LogP contribution >= 0.6 is 22.7 Å². The molecule has 0 atom stereocenters. The lowest BCUT2D eigenvalue weighted by molar-refractivity contribution is 0.0162. The van der Waals surface area contributed by atoms with E-state index in [1.54, 1.807) is 12.1 Å². The van der Waals surface area contributed by atoms with Crippen LogP contribution in [0.5, 0.6) is 11.8 Å². The van der Waals surface area contributed by atoms with Crippen molar-refractivity contribution in [1.82, 2.24) is 9.97 Å². The summed E-state index contributed by atoms with van der Waals surface area (Å²) in [5.41, 5.74) is 0.286. The molecule has 6 aliphatic rings. The maximum absolute atomic E-state index is 14.6. The van der Waals surface area contributed by atoms with Gasteiger partial charge in [0.25, 0.3) is 11.4 Å². The highest BCUT2D eigenvalue weighted by Gasteiger charge is 2.49. The minimum absolute atomic E-state index is 0.0501. The topological polar surface area (TPSA) is 135 Å². The molecule has 11 rings (SSSR count). The first-order chi connectivity index (χ1) is 31.9. The van der Waals surface area contributed by atoms with Crippen LogP contribution in [0.3, 0.4) is 0 Å². The first kappa shape index (κ1) is 41.2. The van der Waals surface area contributed by atoms with Gasteiger partial charge in [-0.3, -0.25) is 9.59 Å². The molecule has 16 heteroatoms. The summed E-state index contributed by atoms with van der Waals surface area (Å²) in [5, 5.41) is 20.4. The number of carbonyl (C=O) groups excluding carboxylic acids is 2. The number of Topliss-reactive ketones (excluding diaryl/α,β-unsaturated/α-hetero) is 2. The number of halogens is 4. The Kier molecular flexibility index (Phi) is 9.39. The van der Waals surface area contributed by atoms with Crippen molar-refractivity contribution >= 4 is 57.5 Å². The minimum atomic E-state index is -1.24. The highest BCUT2D eigenvalue weighted by Crippen LogP contribution is 2.60. The highest BCUT2D eigenvalue weighted by atomic mass is 32.1. The van der Waals surface area contributed by atoms with E-state index in [1.807, 2.05) is 0 Å². The van der Waals surface area contributed by atoms with Crippen molar-refractivity contribution in [3.05, 3.63) is 148 Å². The summed E-state index contributed by atoms with van der Waals surface area (Å²) in [6.45, 7) is 15.3. The van der Waals surface area contributed by atoms with E-state index in [4.69, 9.17) is 32.6 Å². The molecule has 5 aromatic rings. The van der Waals surface area contributed by atoms with Crippen LogP contribution in [0.25, 0.3) is 53.9 Å². The van der Waals surface area contributed by atoms with Gasteiger partial charge in [0.05, 0.1) is 35.0 Å². The van der Waals surface area contributed by atoms with Gasteiger partial charge in [0.1, 0.15) is 21.2 Å². The van der Waals surface area contributed by atoms with E-state index in [0.29, 0.717) is 57.2 Å². The molecule has 3 aromatic carbocycles. The first-order valence-corrected chi connectivity index (χ1v) is 22.7. The van der Waals surface area contributed by atoms with Gasteiger partial charge in [0.15, 0.2) is 34.8 Å². The third-order valence-electron chi connectivity index (χ3n) is 13.4. The average Bonchev–Trinajstić information content (AvgIpc) is 4.05. The summed E-state index contributed by atoms with van der Waals surface area (Å²) in [7, 11) is 0. The summed E-state index contributed by atoms with van der Waals surface area (Å²) >= 11 is 2.49. The SMILES string of the molecule is [C-]#[N+]C(C#N)=C1/C(=C/c2nc3c(s2)-c2cc4c(cc2C2(CCCCC2)O3)-c2sc(/C=C3\C(=O)c5cc(F)c(F)cc5\C3=C(\C#N)[N+]#[C-])nc2OC42CCCCC2)C(=O)c2cc(F)c(F)cc21. The van der Waals surface area contributed by atoms with Gasteiger partial charge in [-0.25, -0.2) is 47.7 Å². The molecule has 4 aliphatic carbocycles. The maximum Gasteiger partial charge on any atom is 0.270 e. The lowest BCUT2D eigenvalue weighted by Gasteiger charge is -2.45. The Morgan fingerprint density at radius 3 is 1.30 bits per heavy atom. The van der Waals surface area contributed by atoms with E-state index in [0.717, 1.165) is 85.0 Å². The van der Waals surface area contributed by atoms with Gasteiger partial charge in [0, 0.05) is 55.7 Å². The Labute approximate surface area is 381 Å². The molecule has 4 heterocycles. The van der Waals surface area contributed by atoms with E-state index in [9.17, 15) is 37.7 Å². The molecule has 66 heavy (non-hydrogen) atoms. The molecular formula is C50H28F4N6O4S2. The average molecular weight is 917 g/mol. The number of ether oxygens (including phenoxy) is 2. The third kappa shape index (κ3) is 5.99. The quantitative estimate of drug-likeness (QED) is 0.0739. The van der Waals surface area contributed by atoms with Gasteiger partial charge >= 0.3 is 0 Å². The fourth-order valence-electron chi connectivity index (χ4n) is 10.4. The van der Waals surface area contributed by atoms with Gasteiger partial charge in [-0.2, -0.15) is 0 Å². The van der Waals surface area contributed by atoms with E-state index in [2.05, 4.69) is 21.8 Å². The zero-order valence-electron chi connectivity index (χ0n) is 34.3. The van der Waals surface area contributed by atoms with Gasteiger partial charge in [-0.1, -0.05) is 12.8 Å². The largest absolute Gasteiger partial charge is 0.465 e. The van der Waals surface area contributed by atoms with Crippen molar-refractivity contribution in [3.8, 4) is 44.8 Å². The lowest BCUT2D eigenvalue weighted by atomic mass is 9.71. The molecule has 2 spiro atoms. The number of fused-ring (bicyclic) bond motifs is 10. The second kappa shape index (κ2) is 15.0. The van der Waals surface area contributed by atoms with Gasteiger partial charge < -0.3 is 9.47 Å². The number of nitriles is 2. The molecular weight excluding hydrogens is 889 g/mol. The number of thiazole rings is 2. The number of hydrogen-bond donors (Lipinski definition) is 0. The number of hydrogen-bond acceptors (Lipinski definition) is 10. The van der Waals surface area contributed by atoms with Crippen LogP contribution in [-0.2, 0) is 11.2 Å². The number of nitrogens with zero attached hydrogens (tertiary/aromatic N) is 6. The van der Waals surface area contributed by atoms with Crippen molar-refractivity contribution < 1.29 is 36.6 Å². The third-order valence-corrected chi connectivity index (χ3v) is 15.4. The van der Waals surface area contributed by atoms with E-state index in [-0.39, 0.29) is 44.5 Å². The van der Waals surface area contributed by atoms with Crippen molar-refractivity contribution in [2.45, 2.75) is 75.4 Å². The zero-order valence-corrected chi connectivity index (χ0v) is 36.0. The Bertz CT molecular complexity index is 3170. The van der Waals surface area contributed by atoms with E-state index >= 15 is 0 Å². The van der Waals surface area contributed by atoms with Crippen LogP contribution in [0.15, 0.2) is 58.9 Å². The second-order valence-corrected chi connectivity index (χ2v) is 19.0. The smallest absolute Gasteiger partial charge is 0.270 e. The fourth-order valence-corrected chi connectivity index (χ4v) is 12.4. The molecule has 0 bridgehead atoms. The summed E-state index contributed by atoms with van der Waals surface area (Å²) in [5.74, 6) is -5.57. The number of ketones is 2. The summed E-state index contributed by atoms with van der Waals surface area (Å²) < 4.78 is 71.9. The Morgan fingerprint density at radius 2 is 0.955 bits per heavy atom. The molecule has 0 N–H and O–H groups in total. The van der Waals surface area contributed by atoms with Crippen LogP contribution in [-0.4, -0.2) is 21.5 Å². The van der Waals surface area contributed by atoms with Crippen molar-refractivity contribution in [2.75, 3.05) is 0 Å². The van der Waals surface area contributed by atoms with Crippen molar-refractivity contribution in [2.24, 2.45) is 0 Å². The number of allylic oxidation sites excluding steroid dienone is 6. The highest BCUT2D eigenvalue weighted by molar-refractivity contribution is 7.16. The van der Waals surface area contributed by atoms with Gasteiger partial charge in [-0.15, -0.1) is 22.7 Å². The predicted octanol–water partition coefficient (Wildman–Crippen LogP) is 12.5. The monoisotopic (exact) mass is 916 g/mol. The normalized spacial score (nSPS) is 20.7. The van der Waals surface area contributed by atoms with E-state index < -0.39 is 57.4 Å². The molecule has 0 saturated heterocycles. The van der Waals surface area contributed by atoms with Crippen molar-refractivity contribution in [3.63, 3.8) is 0 Å². The number of aromatic nitrogens is 2. The molecule has 322 valence electrons. The first-order valence-electron chi connectivity index (χ1n) is 21.1. The van der Waals surface area contributed by atoms with Crippen LogP contribution < -0.4 is 9.47 Å². The van der Waals surface area contributed by atoms with Crippen molar-refractivity contribution in [1.29, 1.82) is 10.5 Å². The van der Waals surface area contributed by atoms with Crippen LogP contribution in [0, 0.1) is 59.1 Å². The second-order valence-electron chi connectivity index (χ2n) is 16.9. The molecule has 2 aromatic heterocycles. The zero-order chi connectivity index (χ0) is 45.8. The van der Waals surface area contributed by atoms with Gasteiger partial charge in [-0.05, 0) is 111 Å². The van der Waals surface area contributed by atoms with E-state index in [1.165, 1.54) is 34.8 Å². The van der Waals surface area contributed by atoms with Crippen LogP contribution in [0.4, 0.5) is 17.6 Å². The molecule has 10 nitrogen and oxygen atoms in total. The molecule has 2 saturated carbocycles. The number of rotatable bonds is 2. The predicted molar refractivity (Wildman–Crippen MR) is 235 cm³/mol. The Balaban J connectivity index is 1.08. The minimum Gasteiger partial charge on any atom is -0.465 e. The number of benzene rings is 3. The standard InChI is InChI=1S/C50H28F4N6O4S2/c1-57-37(21-55)41-23-15-33(51)35(53)17-25(23)43(61)29(41)19-39-59-47-45(65-39)27-13-32-28(14-31(27)49(63-47)9-5-3-6-10-49)46-48(64-50(32)11-7-4-8-12-50)60-40(66-46)20-30-42(38(22-56)58-2)24-16-34(52)36(54)18-26(24)44(30)62/h13-20H,3-12H2/b29-19-,30-20-,41-37+,42-38?. The van der Waals surface area contributed by atoms with Gasteiger partial charge in [0.2, 0.25) is 11.8 Å². The molecule has 0 amide bonds. The Hall–Kier alpha value is -7.50. The maximum atomic E-state index is 14.6. The van der Waals surface area contributed by atoms with Crippen LogP contribution in [0.1, 0.15) is 117 Å². The van der Waals surface area contributed by atoms with Crippen LogP contribution in [0.2, 0.25) is 0 Å². The summed E-state index contributed by atoms with van der Waals surface area (Å²) in [6.07, 6.45) is 11.1. The Morgan fingerprint density at radius 1 is 0.591 bits per heavy atom. The molecule has 0 radical (unpaired) electrons. The summed E-state index contributed by atoms with van der Waals surface area (Å²) in [4.78, 5) is 45.4. The molecule has 2 aliphatic heterocycles. The number of carbonyl (C=O) groups is 2. The summed E-state index contributed by atoms with van der Waals surface area (Å²) in [6, 6.07) is 11.1. The lowest BCUT2D eigenvalue weighted by Crippen LogP contribution is -2.40. The fraction of sp³-hybridized carbons (Fsp3) is 0.240. The molecule has 0 unspecified atom stereocenters.